The van der Waals surface area contributed by atoms with Crippen molar-refractivity contribution in [3.63, 3.8) is 0 Å². The molecule has 3 N–H and O–H groups in total. The molecule has 16 heavy (non-hydrogen) atoms. The fourth-order valence-corrected chi connectivity index (χ4v) is 2.04. The van der Waals surface area contributed by atoms with E-state index in [0.717, 1.165) is 18.7 Å². The molecule has 5 nitrogen and oxygen atoms in total. The lowest BCUT2D eigenvalue weighted by Gasteiger charge is -2.20. The topological polar surface area (TPSA) is 76.7 Å². The van der Waals surface area contributed by atoms with Crippen LogP contribution in [0.15, 0.2) is 0 Å². The van der Waals surface area contributed by atoms with Gasteiger partial charge in [-0.2, -0.15) is 5.10 Å². The molecule has 1 unspecified atom stereocenters. The van der Waals surface area contributed by atoms with Crippen LogP contribution < -0.4 is 5.73 Å². The summed E-state index contributed by atoms with van der Waals surface area (Å²) in [6, 6.07) is -0.423. The van der Waals surface area contributed by atoms with E-state index in [-0.39, 0.29) is 11.8 Å². The van der Waals surface area contributed by atoms with E-state index in [0.29, 0.717) is 4.77 Å². The Bertz CT molecular complexity index is 421. The van der Waals surface area contributed by atoms with Gasteiger partial charge in [-0.1, -0.05) is 20.8 Å². The molecule has 1 aromatic heterocycles. The minimum Gasteiger partial charge on any atom is -0.368 e. The molecule has 6 heteroatoms. The van der Waals surface area contributed by atoms with Crippen LogP contribution in [-0.2, 0) is 11.2 Å². The van der Waals surface area contributed by atoms with E-state index >= 15 is 0 Å². The number of nitrogens with zero attached hydrogens (tertiary/aromatic N) is 2. The van der Waals surface area contributed by atoms with Crippen LogP contribution in [0.1, 0.15) is 39.1 Å². The van der Waals surface area contributed by atoms with E-state index in [4.69, 9.17) is 18.0 Å². The van der Waals surface area contributed by atoms with Crippen LogP contribution in [0.25, 0.3) is 0 Å². The summed E-state index contributed by atoms with van der Waals surface area (Å²) < 4.78 is 2.20. The van der Waals surface area contributed by atoms with E-state index in [9.17, 15) is 4.79 Å². The van der Waals surface area contributed by atoms with Crippen molar-refractivity contribution in [3.8, 4) is 0 Å². The summed E-state index contributed by atoms with van der Waals surface area (Å²) in [5.74, 6) is 0.521. The van der Waals surface area contributed by atoms with Gasteiger partial charge in [0, 0.05) is 6.42 Å². The quantitative estimate of drug-likeness (QED) is 0.769. The molecule has 0 saturated heterocycles. The van der Waals surface area contributed by atoms with E-state index in [2.05, 4.69) is 17.1 Å². The fraction of sp³-hybridized carbons (Fsp3) is 0.700. The van der Waals surface area contributed by atoms with E-state index in [1.807, 2.05) is 13.8 Å². The number of nitrogens with one attached hydrogen (secondary N) is 1. The summed E-state index contributed by atoms with van der Waals surface area (Å²) in [5, 5.41) is 6.85. The third-order valence-corrected chi connectivity index (χ3v) is 2.74. The highest BCUT2D eigenvalue weighted by Crippen LogP contribution is 2.19. The second-order valence-corrected chi connectivity index (χ2v) is 4.54. The second-order valence-electron chi connectivity index (χ2n) is 4.16. The molecule has 0 bridgehead atoms. The predicted molar refractivity (Wildman–Crippen MR) is 64.5 cm³/mol. The summed E-state index contributed by atoms with van der Waals surface area (Å²) in [4.78, 5) is 11.5. The Kier molecular flexibility index (Phi) is 4.23. The summed E-state index contributed by atoms with van der Waals surface area (Å²) in [5.41, 5.74) is 5.42. The zero-order chi connectivity index (χ0) is 12.3. The Morgan fingerprint density at radius 1 is 1.62 bits per heavy atom. The normalized spacial score (nSPS) is 13.0. The second kappa shape index (κ2) is 5.25. The van der Waals surface area contributed by atoms with Gasteiger partial charge in [0.15, 0.2) is 4.77 Å². The lowest BCUT2D eigenvalue weighted by atomic mass is 10.0. The van der Waals surface area contributed by atoms with E-state index < -0.39 is 6.04 Å². The number of hydrogen-bond donors (Lipinski definition) is 2. The molecule has 0 radical (unpaired) electrons. The summed E-state index contributed by atoms with van der Waals surface area (Å²) in [6.07, 6.45) is 1.73. The molecule has 0 aliphatic carbocycles. The van der Waals surface area contributed by atoms with Crippen molar-refractivity contribution in [1.29, 1.82) is 0 Å². The molecule has 1 amide bonds. The number of rotatable bonds is 5. The zero-order valence-electron chi connectivity index (χ0n) is 9.86. The molecule has 0 aliphatic heterocycles. The standard InChI is InChI=1S/C10H18N4OS/c1-4-5-7-12-13-10(16)14(7)8(6(2)3)9(11)15/h6,8H,4-5H2,1-3H3,(H2,11,15)(H,13,16). The number of aromatic nitrogens is 3. The maximum atomic E-state index is 11.5. The number of nitrogens with two attached hydrogens (primary N) is 1. The van der Waals surface area contributed by atoms with Gasteiger partial charge < -0.3 is 5.73 Å². The van der Waals surface area contributed by atoms with Gasteiger partial charge in [-0.25, -0.2) is 0 Å². The van der Waals surface area contributed by atoms with Gasteiger partial charge in [-0.05, 0) is 24.6 Å². The van der Waals surface area contributed by atoms with Crippen molar-refractivity contribution < 1.29 is 4.79 Å². The molecule has 1 aromatic rings. The minimum atomic E-state index is -0.423. The van der Waals surface area contributed by atoms with Crippen molar-refractivity contribution in [2.75, 3.05) is 0 Å². The van der Waals surface area contributed by atoms with Gasteiger partial charge >= 0.3 is 0 Å². The van der Waals surface area contributed by atoms with Crippen molar-refractivity contribution in [2.24, 2.45) is 11.7 Å². The largest absolute Gasteiger partial charge is 0.368 e. The average molecular weight is 242 g/mol. The predicted octanol–water partition coefficient (Wildman–Crippen LogP) is 1.58. The van der Waals surface area contributed by atoms with Crippen molar-refractivity contribution in [2.45, 2.75) is 39.7 Å². The van der Waals surface area contributed by atoms with E-state index in [1.165, 1.54) is 0 Å². The van der Waals surface area contributed by atoms with Gasteiger partial charge in [-0.15, -0.1) is 0 Å². The fourth-order valence-electron chi connectivity index (χ4n) is 1.78. The first-order chi connectivity index (χ1) is 7.49. The molecule has 0 fully saturated rings. The first-order valence-electron chi connectivity index (χ1n) is 5.44. The number of carbonyl (C=O) groups excluding carboxylic acids is 1. The number of H-pyrrole nitrogens is 1. The summed E-state index contributed by atoms with van der Waals surface area (Å²) >= 11 is 5.14. The van der Waals surface area contributed by atoms with Crippen molar-refractivity contribution in [1.82, 2.24) is 14.8 Å². The van der Waals surface area contributed by atoms with Gasteiger partial charge in [-0.3, -0.25) is 14.5 Å². The van der Waals surface area contributed by atoms with Crippen LogP contribution in [0.3, 0.4) is 0 Å². The maximum Gasteiger partial charge on any atom is 0.240 e. The first-order valence-corrected chi connectivity index (χ1v) is 5.85. The van der Waals surface area contributed by atoms with Crippen LogP contribution in [0.4, 0.5) is 0 Å². The van der Waals surface area contributed by atoms with Crippen molar-refractivity contribution >= 4 is 18.1 Å². The molecule has 0 spiro atoms. The zero-order valence-corrected chi connectivity index (χ0v) is 10.7. The van der Waals surface area contributed by atoms with Crippen LogP contribution >= 0.6 is 12.2 Å². The van der Waals surface area contributed by atoms with Gasteiger partial charge in [0.05, 0.1) is 0 Å². The van der Waals surface area contributed by atoms with Gasteiger partial charge in [0.2, 0.25) is 5.91 Å². The average Bonchev–Trinajstić information content (AvgIpc) is 2.50. The molecule has 1 rings (SSSR count). The molecule has 90 valence electrons. The number of carbonyl (C=O) groups is 1. The number of hydrogen-bond acceptors (Lipinski definition) is 3. The molecule has 0 saturated carbocycles. The van der Waals surface area contributed by atoms with Crippen LogP contribution in [0, 0.1) is 10.7 Å². The molecule has 0 aliphatic rings. The Labute approximate surface area is 100 Å². The lowest BCUT2D eigenvalue weighted by Crippen LogP contribution is -2.31. The highest BCUT2D eigenvalue weighted by atomic mass is 32.1. The van der Waals surface area contributed by atoms with Crippen LogP contribution in [-0.4, -0.2) is 20.7 Å². The Morgan fingerprint density at radius 3 is 2.69 bits per heavy atom. The molecule has 1 heterocycles. The third kappa shape index (κ3) is 2.49. The number of primary amides is 1. The monoisotopic (exact) mass is 242 g/mol. The lowest BCUT2D eigenvalue weighted by molar-refractivity contribution is -0.122. The first kappa shape index (κ1) is 12.9. The van der Waals surface area contributed by atoms with Gasteiger partial charge in [0.25, 0.3) is 0 Å². The van der Waals surface area contributed by atoms with E-state index in [1.54, 1.807) is 4.57 Å². The highest BCUT2D eigenvalue weighted by molar-refractivity contribution is 7.71. The smallest absolute Gasteiger partial charge is 0.240 e. The Hall–Kier alpha value is -1.17. The van der Waals surface area contributed by atoms with Crippen LogP contribution in [0.5, 0.6) is 0 Å². The Balaban J connectivity index is 3.22. The van der Waals surface area contributed by atoms with Gasteiger partial charge in [0.1, 0.15) is 11.9 Å². The van der Waals surface area contributed by atoms with Crippen LogP contribution in [0.2, 0.25) is 0 Å². The molecular weight excluding hydrogens is 224 g/mol. The molecule has 0 aromatic carbocycles. The van der Waals surface area contributed by atoms with Crippen molar-refractivity contribution in [3.05, 3.63) is 10.6 Å². The summed E-state index contributed by atoms with van der Waals surface area (Å²) in [7, 11) is 0. The third-order valence-electron chi connectivity index (χ3n) is 2.45. The SMILES string of the molecule is CCCc1n[nH]c(=S)n1C(C(N)=O)C(C)C. The minimum absolute atomic E-state index is 0.0948. The molecule has 1 atom stereocenters. The number of aromatic amines is 1. The number of amides is 1. The summed E-state index contributed by atoms with van der Waals surface area (Å²) in [6.45, 7) is 5.94. The number of aryl methyl sites for hydroxylation is 1. The Morgan fingerprint density at radius 2 is 2.25 bits per heavy atom. The highest BCUT2D eigenvalue weighted by Gasteiger charge is 2.24. The maximum absolute atomic E-state index is 11.5. The molecular formula is C10H18N4OS.